The standard InChI is InChI=1S/C20H23NO5/c1-13(2)18(20(23)25-4)21-19(22)14-5-7-16(8-6-14)26-17-11-9-15(24-3)10-12-17/h5-13,18H,1-4H3,(H,21,22)/t18-/m0/s1. The van der Waals surface area contributed by atoms with Gasteiger partial charge in [0.1, 0.15) is 23.3 Å². The minimum Gasteiger partial charge on any atom is -0.497 e. The molecule has 0 radical (unpaired) electrons. The Balaban J connectivity index is 2.03. The van der Waals surface area contributed by atoms with Crippen molar-refractivity contribution in [1.82, 2.24) is 5.32 Å². The highest BCUT2D eigenvalue weighted by molar-refractivity contribution is 5.96. The fourth-order valence-corrected chi connectivity index (χ4v) is 2.30. The Hall–Kier alpha value is -3.02. The van der Waals surface area contributed by atoms with Gasteiger partial charge < -0.3 is 19.5 Å². The number of amides is 1. The molecule has 0 saturated carbocycles. The lowest BCUT2D eigenvalue weighted by Gasteiger charge is -2.19. The van der Waals surface area contributed by atoms with Gasteiger partial charge in [0, 0.05) is 5.56 Å². The van der Waals surface area contributed by atoms with Crippen LogP contribution in [0.25, 0.3) is 0 Å². The normalized spacial score (nSPS) is 11.6. The summed E-state index contributed by atoms with van der Waals surface area (Å²) in [5.74, 6) is 1.12. The third-order valence-corrected chi connectivity index (χ3v) is 3.82. The van der Waals surface area contributed by atoms with E-state index >= 15 is 0 Å². The monoisotopic (exact) mass is 357 g/mol. The van der Waals surface area contributed by atoms with Gasteiger partial charge in [0.2, 0.25) is 0 Å². The van der Waals surface area contributed by atoms with Gasteiger partial charge in [-0.2, -0.15) is 0 Å². The minimum absolute atomic E-state index is 0.0796. The topological polar surface area (TPSA) is 73.9 Å². The van der Waals surface area contributed by atoms with Crippen molar-refractivity contribution in [1.29, 1.82) is 0 Å². The molecule has 0 spiro atoms. The molecule has 0 unspecified atom stereocenters. The maximum Gasteiger partial charge on any atom is 0.328 e. The Labute approximate surface area is 153 Å². The quantitative estimate of drug-likeness (QED) is 0.769. The van der Waals surface area contributed by atoms with E-state index in [9.17, 15) is 9.59 Å². The molecule has 26 heavy (non-hydrogen) atoms. The maximum absolute atomic E-state index is 12.3. The lowest BCUT2D eigenvalue weighted by Crippen LogP contribution is -2.45. The van der Waals surface area contributed by atoms with Gasteiger partial charge in [-0.15, -0.1) is 0 Å². The summed E-state index contributed by atoms with van der Waals surface area (Å²) < 4.78 is 15.6. The zero-order valence-corrected chi connectivity index (χ0v) is 15.3. The van der Waals surface area contributed by atoms with Crippen molar-refractivity contribution < 1.29 is 23.8 Å². The number of esters is 1. The van der Waals surface area contributed by atoms with Crippen LogP contribution in [0.4, 0.5) is 0 Å². The van der Waals surface area contributed by atoms with Crippen LogP contribution in [0.15, 0.2) is 48.5 Å². The molecule has 2 aromatic rings. The van der Waals surface area contributed by atoms with Crippen LogP contribution < -0.4 is 14.8 Å². The van der Waals surface area contributed by atoms with Crippen molar-refractivity contribution in [2.45, 2.75) is 19.9 Å². The van der Waals surface area contributed by atoms with E-state index < -0.39 is 12.0 Å². The Morgan fingerprint density at radius 3 is 1.81 bits per heavy atom. The Bertz CT molecular complexity index is 738. The third-order valence-electron chi connectivity index (χ3n) is 3.82. The predicted octanol–water partition coefficient (Wildman–Crippen LogP) is 3.41. The van der Waals surface area contributed by atoms with E-state index in [1.54, 1.807) is 55.6 Å². The van der Waals surface area contributed by atoms with Crippen LogP contribution in [0.3, 0.4) is 0 Å². The van der Waals surface area contributed by atoms with E-state index in [0.717, 1.165) is 5.75 Å². The van der Waals surface area contributed by atoms with Crippen molar-refractivity contribution in [3.05, 3.63) is 54.1 Å². The molecule has 6 nitrogen and oxygen atoms in total. The van der Waals surface area contributed by atoms with Gasteiger partial charge in [-0.05, 0) is 54.4 Å². The van der Waals surface area contributed by atoms with E-state index in [1.807, 2.05) is 13.8 Å². The van der Waals surface area contributed by atoms with E-state index in [2.05, 4.69) is 5.32 Å². The summed E-state index contributed by atoms with van der Waals surface area (Å²) in [4.78, 5) is 24.1. The molecular formula is C20H23NO5. The number of nitrogens with one attached hydrogen (secondary N) is 1. The smallest absolute Gasteiger partial charge is 0.328 e. The first kappa shape index (κ1) is 19.3. The molecule has 1 N–H and O–H groups in total. The number of carbonyl (C=O) groups is 2. The van der Waals surface area contributed by atoms with E-state index in [1.165, 1.54) is 7.11 Å². The van der Waals surface area contributed by atoms with Crippen LogP contribution in [-0.4, -0.2) is 32.1 Å². The highest BCUT2D eigenvalue weighted by Crippen LogP contribution is 2.24. The van der Waals surface area contributed by atoms with Crippen LogP contribution in [0.5, 0.6) is 17.2 Å². The number of rotatable bonds is 7. The van der Waals surface area contributed by atoms with Crippen molar-refractivity contribution in [2.75, 3.05) is 14.2 Å². The molecule has 0 aromatic heterocycles. The molecule has 0 fully saturated rings. The molecule has 0 aliphatic carbocycles. The Morgan fingerprint density at radius 1 is 0.846 bits per heavy atom. The lowest BCUT2D eigenvalue weighted by atomic mass is 10.0. The molecule has 1 amide bonds. The van der Waals surface area contributed by atoms with Crippen molar-refractivity contribution >= 4 is 11.9 Å². The van der Waals surface area contributed by atoms with Gasteiger partial charge in [-0.25, -0.2) is 4.79 Å². The summed E-state index contributed by atoms with van der Waals surface area (Å²) in [5, 5.41) is 2.70. The van der Waals surface area contributed by atoms with Gasteiger partial charge in [-0.3, -0.25) is 4.79 Å². The molecule has 0 aliphatic heterocycles. The molecule has 0 aliphatic rings. The second-order valence-corrected chi connectivity index (χ2v) is 6.02. The highest BCUT2D eigenvalue weighted by atomic mass is 16.5. The van der Waals surface area contributed by atoms with Crippen LogP contribution in [-0.2, 0) is 9.53 Å². The highest BCUT2D eigenvalue weighted by Gasteiger charge is 2.25. The number of methoxy groups -OCH3 is 2. The molecule has 0 bridgehead atoms. The molecule has 2 aromatic carbocycles. The van der Waals surface area contributed by atoms with E-state index in [4.69, 9.17) is 14.2 Å². The second-order valence-electron chi connectivity index (χ2n) is 6.02. The summed E-state index contributed by atoms with van der Waals surface area (Å²) in [5.41, 5.74) is 0.432. The largest absolute Gasteiger partial charge is 0.497 e. The molecule has 0 saturated heterocycles. The molecule has 2 rings (SSSR count). The first-order valence-electron chi connectivity index (χ1n) is 8.25. The van der Waals surface area contributed by atoms with Gasteiger partial charge >= 0.3 is 5.97 Å². The molecular weight excluding hydrogens is 334 g/mol. The summed E-state index contributed by atoms with van der Waals surface area (Å²) in [7, 11) is 2.90. The van der Waals surface area contributed by atoms with Crippen LogP contribution in [0.1, 0.15) is 24.2 Å². The average Bonchev–Trinajstić information content (AvgIpc) is 2.66. The zero-order chi connectivity index (χ0) is 19.1. The zero-order valence-electron chi connectivity index (χ0n) is 15.3. The summed E-state index contributed by atoms with van der Waals surface area (Å²) in [6.07, 6.45) is 0. The predicted molar refractivity (Wildman–Crippen MR) is 97.6 cm³/mol. The average molecular weight is 357 g/mol. The summed E-state index contributed by atoms with van der Waals surface area (Å²) >= 11 is 0. The third kappa shape index (κ3) is 4.99. The lowest BCUT2D eigenvalue weighted by molar-refractivity contribution is -0.144. The minimum atomic E-state index is -0.692. The molecule has 6 heteroatoms. The number of benzene rings is 2. The molecule has 0 heterocycles. The number of carbonyl (C=O) groups excluding carboxylic acids is 2. The van der Waals surface area contributed by atoms with Gasteiger partial charge in [0.25, 0.3) is 5.91 Å². The molecule has 1 atom stereocenters. The maximum atomic E-state index is 12.3. The Morgan fingerprint density at radius 2 is 1.35 bits per heavy atom. The van der Waals surface area contributed by atoms with Crippen molar-refractivity contribution in [3.63, 3.8) is 0 Å². The fourth-order valence-electron chi connectivity index (χ4n) is 2.30. The first-order valence-corrected chi connectivity index (χ1v) is 8.25. The number of hydrogen-bond acceptors (Lipinski definition) is 5. The van der Waals surface area contributed by atoms with Gasteiger partial charge in [-0.1, -0.05) is 13.8 Å². The van der Waals surface area contributed by atoms with Gasteiger partial charge in [0.15, 0.2) is 0 Å². The van der Waals surface area contributed by atoms with E-state index in [0.29, 0.717) is 17.1 Å². The Kier molecular flexibility index (Phi) is 6.60. The first-order chi connectivity index (χ1) is 12.4. The van der Waals surface area contributed by atoms with Crippen molar-refractivity contribution in [3.8, 4) is 17.2 Å². The van der Waals surface area contributed by atoms with E-state index in [-0.39, 0.29) is 11.8 Å². The van der Waals surface area contributed by atoms with Crippen LogP contribution in [0.2, 0.25) is 0 Å². The van der Waals surface area contributed by atoms with Crippen LogP contribution >= 0.6 is 0 Å². The number of ether oxygens (including phenoxy) is 3. The van der Waals surface area contributed by atoms with Gasteiger partial charge in [0.05, 0.1) is 14.2 Å². The fraction of sp³-hybridized carbons (Fsp3) is 0.300. The summed E-state index contributed by atoms with van der Waals surface area (Å²) in [6.45, 7) is 3.68. The SMILES string of the molecule is COC(=O)[C@@H](NC(=O)c1ccc(Oc2ccc(OC)cc2)cc1)C(C)C. The van der Waals surface area contributed by atoms with Crippen molar-refractivity contribution in [2.24, 2.45) is 5.92 Å². The summed E-state index contributed by atoms with van der Waals surface area (Å²) in [6, 6.07) is 13.2. The molecule has 138 valence electrons. The second kappa shape index (κ2) is 8.89. The van der Waals surface area contributed by atoms with Crippen LogP contribution in [0, 0.1) is 5.92 Å². The number of hydrogen-bond donors (Lipinski definition) is 1.